The number of amides is 3. The van der Waals surface area contributed by atoms with Gasteiger partial charge in [0.05, 0.1) is 12.4 Å². The highest BCUT2D eigenvalue weighted by atomic mass is 16.4. The van der Waals surface area contributed by atoms with E-state index in [9.17, 15) is 29.4 Å². The number of phenols is 2. The van der Waals surface area contributed by atoms with Crippen LogP contribution in [-0.4, -0.2) is 73.6 Å². The highest BCUT2D eigenvalue weighted by Gasteiger charge is 2.29. The first-order valence-electron chi connectivity index (χ1n) is 12.0. The number of carbonyl (C=O) groups is 4. The number of H-pyrrole nitrogens is 1. The van der Waals surface area contributed by atoms with Crippen LogP contribution in [0.2, 0.25) is 0 Å². The number of carbonyl (C=O) groups excluding carboxylic acids is 3. The first kappa shape index (κ1) is 28.7. The van der Waals surface area contributed by atoms with Crippen LogP contribution in [0.15, 0.2) is 61.1 Å². The van der Waals surface area contributed by atoms with Crippen LogP contribution in [0.25, 0.3) is 0 Å². The summed E-state index contributed by atoms with van der Waals surface area (Å²) in [5, 5.41) is 35.4. The third kappa shape index (κ3) is 9.16. The molecule has 3 atom stereocenters. The van der Waals surface area contributed by atoms with Crippen LogP contribution < -0.4 is 21.7 Å². The average Bonchev–Trinajstić information content (AvgIpc) is 3.42. The zero-order valence-corrected chi connectivity index (χ0v) is 20.8. The van der Waals surface area contributed by atoms with Crippen molar-refractivity contribution in [2.75, 3.05) is 6.54 Å². The molecule has 3 aromatic rings. The second-order valence-corrected chi connectivity index (χ2v) is 8.86. The molecule has 206 valence electrons. The first-order valence-corrected chi connectivity index (χ1v) is 12.0. The van der Waals surface area contributed by atoms with Crippen molar-refractivity contribution < 1.29 is 34.5 Å². The number of phenolic OH excluding ortho intramolecular Hbond substituents is 2. The molecular formula is C26H30N6O7. The van der Waals surface area contributed by atoms with Gasteiger partial charge in [0, 0.05) is 24.7 Å². The number of nitrogens with one attached hydrogen (secondary N) is 4. The van der Waals surface area contributed by atoms with E-state index in [-0.39, 0.29) is 30.8 Å². The van der Waals surface area contributed by atoms with E-state index < -0.39 is 48.4 Å². The lowest BCUT2D eigenvalue weighted by Crippen LogP contribution is -2.57. The Bertz CT molecular complexity index is 1260. The molecule has 9 N–H and O–H groups in total. The van der Waals surface area contributed by atoms with Gasteiger partial charge < -0.3 is 42.0 Å². The molecule has 0 aliphatic carbocycles. The van der Waals surface area contributed by atoms with Crippen LogP contribution in [0.5, 0.6) is 11.5 Å². The van der Waals surface area contributed by atoms with E-state index in [0.717, 1.165) is 0 Å². The van der Waals surface area contributed by atoms with E-state index in [4.69, 9.17) is 10.8 Å². The molecule has 13 nitrogen and oxygen atoms in total. The smallest absolute Gasteiger partial charge is 0.322 e. The number of benzene rings is 2. The minimum absolute atomic E-state index is 0.0112. The van der Waals surface area contributed by atoms with Gasteiger partial charge in [-0.1, -0.05) is 24.3 Å². The summed E-state index contributed by atoms with van der Waals surface area (Å²) in [7, 11) is 0. The van der Waals surface area contributed by atoms with Crippen LogP contribution in [0.4, 0.5) is 0 Å². The van der Waals surface area contributed by atoms with Crippen molar-refractivity contribution in [2.24, 2.45) is 5.73 Å². The van der Waals surface area contributed by atoms with Crippen molar-refractivity contribution in [1.29, 1.82) is 0 Å². The van der Waals surface area contributed by atoms with E-state index in [2.05, 4.69) is 25.9 Å². The normalized spacial score (nSPS) is 13.1. The molecule has 1 heterocycles. The SMILES string of the molecule is NC(Cc1ccc(O)cc1)C(=O)NC(Cc1ccc(O)cc1)C(=O)NC(Cc1cnc[nH]1)C(=O)NCC(=O)O. The number of aliphatic carboxylic acids is 1. The van der Waals surface area contributed by atoms with Gasteiger partial charge in [0.25, 0.3) is 0 Å². The van der Waals surface area contributed by atoms with Crippen LogP contribution in [0.3, 0.4) is 0 Å². The molecule has 0 saturated heterocycles. The Morgan fingerprint density at radius 3 is 1.87 bits per heavy atom. The Kier molecular flexibility index (Phi) is 9.98. The second-order valence-electron chi connectivity index (χ2n) is 8.86. The number of hydrogen-bond acceptors (Lipinski definition) is 8. The molecule has 2 aromatic carbocycles. The maximum Gasteiger partial charge on any atom is 0.322 e. The molecule has 0 spiro atoms. The molecule has 13 heteroatoms. The number of nitrogens with zero attached hydrogens (tertiary/aromatic N) is 1. The van der Waals surface area contributed by atoms with Crippen LogP contribution >= 0.6 is 0 Å². The molecule has 0 bridgehead atoms. The molecule has 1 aromatic heterocycles. The summed E-state index contributed by atoms with van der Waals surface area (Å²) in [5.74, 6) is -3.23. The largest absolute Gasteiger partial charge is 0.508 e. The minimum atomic E-state index is -1.25. The second kappa shape index (κ2) is 13.6. The van der Waals surface area contributed by atoms with Gasteiger partial charge >= 0.3 is 5.97 Å². The molecular weight excluding hydrogens is 508 g/mol. The summed E-state index contributed by atoms with van der Waals surface area (Å²) in [6.07, 6.45) is 2.99. The fraction of sp³-hybridized carbons (Fsp3) is 0.269. The van der Waals surface area contributed by atoms with Gasteiger partial charge in [0.1, 0.15) is 30.1 Å². The van der Waals surface area contributed by atoms with Gasteiger partial charge in [0.2, 0.25) is 17.7 Å². The number of carboxylic acids is 1. The van der Waals surface area contributed by atoms with E-state index >= 15 is 0 Å². The summed E-state index contributed by atoms with van der Waals surface area (Å²) in [4.78, 5) is 56.7. The third-order valence-corrected chi connectivity index (χ3v) is 5.76. The number of aromatic amines is 1. The summed E-state index contributed by atoms with van der Waals surface area (Å²) >= 11 is 0. The zero-order valence-electron chi connectivity index (χ0n) is 20.8. The van der Waals surface area contributed by atoms with Crippen molar-refractivity contribution in [3.8, 4) is 11.5 Å². The highest BCUT2D eigenvalue weighted by molar-refractivity contribution is 5.94. The van der Waals surface area contributed by atoms with Crippen molar-refractivity contribution in [3.05, 3.63) is 77.9 Å². The lowest BCUT2D eigenvalue weighted by Gasteiger charge is -2.24. The number of nitrogens with two attached hydrogens (primary N) is 1. The molecule has 39 heavy (non-hydrogen) atoms. The summed E-state index contributed by atoms with van der Waals surface area (Å²) in [6.45, 7) is -0.645. The van der Waals surface area contributed by atoms with Crippen LogP contribution in [-0.2, 0) is 38.4 Å². The minimum Gasteiger partial charge on any atom is -0.508 e. The Balaban J connectivity index is 1.77. The van der Waals surface area contributed by atoms with Crippen LogP contribution in [0.1, 0.15) is 16.8 Å². The Morgan fingerprint density at radius 2 is 1.33 bits per heavy atom. The number of hydrogen-bond donors (Lipinski definition) is 8. The molecule has 0 aliphatic rings. The summed E-state index contributed by atoms with van der Waals surface area (Å²) in [5.41, 5.74) is 7.91. The number of rotatable bonds is 13. The zero-order chi connectivity index (χ0) is 28.4. The van der Waals surface area contributed by atoms with E-state index in [1.165, 1.54) is 36.8 Å². The number of imidazole rings is 1. The van der Waals surface area contributed by atoms with Gasteiger partial charge in [-0.25, -0.2) is 4.98 Å². The number of carboxylic acid groups (broad SMARTS) is 1. The van der Waals surface area contributed by atoms with Gasteiger partial charge in [-0.2, -0.15) is 0 Å². The maximum absolute atomic E-state index is 13.4. The average molecular weight is 539 g/mol. The Morgan fingerprint density at radius 1 is 0.795 bits per heavy atom. The maximum atomic E-state index is 13.4. The predicted molar refractivity (Wildman–Crippen MR) is 138 cm³/mol. The predicted octanol–water partition coefficient (Wildman–Crippen LogP) is -0.653. The fourth-order valence-corrected chi connectivity index (χ4v) is 3.72. The first-order chi connectivity index (χ1) is 18.6. The quantitative estimate of drug-likeness (QED) is 0.138. The van der Waals surface area contributed by atoms with E-state index in [0.29, 0.717) is 16.8 Å². The number of aromatic hydroxyl groups is 2. The monoisotopic (exact) mass is 538 g/mol. The van der Waals surface area contributed by atoms with Gasteiger partial charge in [0.15, 0.2) is 0 Å². The molecule has 0 fully saturated rings. The summed E-state index contributed by atoms with van der Waals surface area (Å²) in [6, 6.07) is 8.85. The van der Waals surface area contributed by atoms with Crippen molar-refractivity contribution in [3.63, 3.8) is 0 Å². The molecule has 3 amide bonds. The summed E-state index contributed by atoms with van der Waals surface area (Å²) < 4.78 is 0. The standard InChI is InChI=1S/C26H30N6O7/c27-20(9-15-1-5-18(33)6-2-15)24(37)31-21(10-16-3-7-19(34)8-4-16)26(39)32-22(11-17-12-28-14-30-17)25(38)29-13-23(35)36/h1-8,12,14,20-22,33-34H,9-11,13,27H2,(H,28,30)(H,29,38)(H,31,37)(H,32,39)(H,35,36). The molecule has 0 aliphatic heterocycles. The van der Waals surface area contributed by atoms with E-state index in [1.807, 2.05) is 0 Å². The highest BCUT2D eigenvalue weighted by Crippen LogP contribution is 2.13. The van der Waals surface area contributed by atoms with Crippen molar-refractivity contribution >= 4 is 23.7 Å². The molecule has 0 radical (unpaired) electrons. The Labute approximate surface area is 223 Å². The topological polar surface area (TPSA) is 220 Å². The van der Waals surface area contributed by atoms with Crippen molar-refractivity contribution in [2.45, 2.75) is 37.4 Å². The lowest BCUT2D eigenvalue weighted by atomic mass is 10.0. The Hall–Kier alpha value is -4.91. The van der Waals surface area contributed by atoms with Crippen molar-refractivity contribution in [1.82, 2.24) is 25.9 Å². The molecule has 0 saturated carbocycles. The van der Waals surface area contributed by atoms with Gasteiger partial charge in [-0.15, -0.1) is 0 Å². The van der Waals surface area contributed by atoms with Crippen LogP contribution in [0, 0.1) is 0 Å². The van der Waals surface area contributed by atoms with E-state index in [1.54, 1.807) is 24.3 Å². The van der Waals surface area contributed by atoms with Gasteiger partial charge in [-0.05, 0) is 41.8 Å². The molecule has 3 unspecified atom stereocenters. The third-order valence-electron chi connectivity index (χ3n) is 5.76. The molecule has 3 rings (SSSR count). The lowest BCUT2D eigenvalue weighted by molar-refractivity contribution is -0.138. The fourth-order valence-electron chi connectivity index (χ4n) is 3.72. The number of aromatic nitrogens is 2. The van der Waals surface area contributed by atoms with Gasteiger partial charge in [-0.3, -0.25) is 19.2 Å².